The van der Waals surface area contributed by atoms with Crippen LogP contribution >= 0.6 is 0 Å². The number of primary sulfonamides is 1. The molecular weight excluding hydrogens is 450 g/mol. The number of sulfonamides is 1. The number of nitrogens with two attached hydrogens (primary N) is 2. The van der Waals surface area contributed by atoms with E-state index in [1.165, 1.54) is 6.07 Å². The van der Waals surface area contributed by atoms with Crippen LogP contribution in [0.4, 0.5) is 11.4 Å². The van der Waals surface area contributed by atoms with E-state index in [0.29, 0.717) is 28.9 Å². The number of amides is 1. The van der Waals surface area contributed by atoms with Gasteiger partial charge in [0.15, 0.2) is 0 Å². The molecule has 0 unspecified atom stereocenters. The Bertz CT molecular complexity index is 1270. The Morgan fingerprint density at radius 3 is 2.38 bits per heavy atom. The van der Waals surface area contributed by atoms with Gasteiger partial charge >= 0.3 is 0 Å². The van der Waals surface area contributed by atoms with Gasteiger partial charge in [-0.25, -0.2) is 13.6 Å². The fourth-order valence-electron chi connectivity index (χ4n) is 3.58. The molecule has 0 heterocycles. The van der Waals surface area contributed by atoms with Crippen molar-refractivity contribution in [2.24, 2.45) is 10.9 Å². The third kappa shape index (κ3) is 6.43. The summed E-state index contributed by atoms with van der Waals surface area (Å²) in [7, 11) is -3.86. The number of unbranched alkanes of at least 4 members (excludes halogenated alkanes) is 1. The van der Waals surface area contributed by atoms with Gasteiger partial charge in [0.1, 0.15) is 5.84 Å². The summed E-state index contributed by atoms with van der Waals surface area (Å²) in [5, 5.41) is 15.9. The van der Waals surface area contributed by atoms with Crippen LogP contribution in [0.5, 0.6) is 0 Å². The summed E-state index contributed by atoms with van der Waals surface area (Å²) >= 11 is 0. The lowest BCUT2D eigenvalue weighted by atomic mass is 10.1. The van der Waals surface area contributed by atoms with E-state index in [9.17, 15) is 13.2 Å². The summed E-state index contributed by atoms with van der Waals surface area (Å²) < 4.78 is 23.8. The zero-order chi connectivity index (χ0) is 24.7. The Balaban J connectivity index is 1.75. The second-order valence-corrected chi connectivity index (χ2v) is 9.44. The zero-order valence-corrected chi connectivity index (χ0v) is 19.8. The average molecular weight is 480 g/mol. The maximum atomic E-state index is 12.8. The van der Waals surface area contributed by atoms with Gasteiger partial charge in [-0.1, -0.05) is 55.8 Å². The van der Waals surface area contributed by atoms with E-state index in [2.05, 4.69) is 12.2 Å². The molecule has 0 aliphatic heterocycles. The summed E-state index contributed by atoms with van der Waals surface area (Å²) in [6, 6.07) is 20.7. The Morgan fingerprint density at radius 2 is 1.74 bits per heavy atom. The second kappa shape index (κ2) is 11.0. The molecule has 0 fully saturated rings. The minimum absolute atomic E-state index is 0.0224. The second-order valence-electron chi connectivity index (χ2n) is 7.91. The number of hydrogen-bond donors (Lipinski definition) is 4. The number of nitrogens with one attached hydrogen (secondary N) is 2. The molecule has 3 aromatic rings. The standard InChI is InChI=1S/C25H29N5O3S/c1-2-3-15-30(21-8-6-7-19(16-21)25(26)27)17-24(31)29-20-13-11-18(12-14-20)22-9-4-5-10-23(22)34(28,32)33/h4-14,16H,2-3,15,17H2,1H3,(H3,26,27)(H,29,31)(H2,28,32,33). The van der Waals surface area contributed by atoms with Gasteiger partial charge in [-0.15, -0.1) is 0 Å². The highest BCUT2D eigenvalue weighted by Crippen LogP contribution is 2.27. The monoisotopic (exact) mass is 479 g/mol. The van der Waals surface area contributed by atoms with E-state index in [1.807, 2.05) is 23.1 Å². The highest BCUT2D eigenvalue weighted by molar-refractivity contribution is 7.89. The summed E-state index contributed by atoms with van der Waals surface area (Å²) in [6.45, 7) is 2.91. The summed E-state index contributed by atoms with van der Waals surface area (Å²) in [6.07, 6.45) is 1.89. The molecular formula is C25H29N5O3S. The lowest BCUT2D eigenvalue weighted by Crippen LogP contribution is -2.34. The number of carbonyl (C=O) groups excluding carboxylic acids is 1. The van der Waals surface area contributed by atoms with Crippen LogP contribution in [-0.2, 0) is 14.8 Å². The lowest BCUT2D eigenvalue weighted by Gasteiger charge is -2.24. The Labute approximate surface area is 200 Å². The van der Waals surface area contributed by atoms with E-state index < -0.39 is 10.0 Å². The van der Waals surface area contributed by atoms with Crippen molar-refractivity contribution in [1.29, 1.82) is 5.41 Å². The number of nitrogens with zero attached hydrogens (tertiary/aromatic N) is 1. The predicted octanol–water partition coefficient (Wildman–Crippen LogP) is 3.53. The Morgan fingerprint density at radius 1 is 1.03 bits per heavy atom. The highest BCUT2D eigenvalue weighted by Gasteiger charge is 2.15. The minimum atomic E-state index is -3.86. The van der Waals surface area contributed by atoms with Gasteiger partial charge in [0, 0.05) is 29.0 Å². The molecule has 1 amide bonds. The van der Waals surface area contributed by atoms with Crippen molar-refractivity contribution in [1.82, 2.24) is 0 Å². The number of benzene rings is 3. The molecule has 8 nitrogen and oxygen atoms in total. The first-order valence-corrected chi connectivity index (χ1v) is 12.4. The molecule has 0 saturated heterocycles. The number of carbonyl (C=O) groups is 1. The van der Waals surface area contributed by atoms with E-state index in [4.69, 9.17) is 16.3 Å². The minimum Gasteiger partial charge on any atom is -0.384 e. The molecule has 3 aromatic carbocycles. The molecule has 0 aliphatic carbocycles. The largest absolute Gasteiger partial charge is 0.384 e. The number of anilines is 2. The summed E-state index contributed by atoms with van der Waals surface area (Å²) in [5.41, 5.74) is 8.82. The Kier molecular flexibility index (Phi) is 8.04. The number of nitrogen functional groups attached to an aromatic ring is 1. The smallest absolute Gasteiger partial charge is 0.243 e. The maximum absolute atomic E-state index is 12.8. The number of amidine groups is 1. The quantitative estimate of drug-likeness (QED) is 0.260. The molecule has 0 aromatic heterocycles. The fraction of sp³-hybridized carbons (Fsp3) is 0.200. The molecule has 178 valence electrons. The van der Waals surface area contributed by atoms with E-state index >= 15 is 0 Å². The van der Waals surface area contributed by atoms with Gasteiger partial charge in [-0.2, -0.15) is 0 Å². The third-order valence-electron chi connectivity index (χ3n) is 5.31. The van der Waals surface area contributed by atoms with Crippen LogP contribution in [0.15, 0.2) is 77.7 Å². The van der Waals surface area contributed by atoms with Crippen LogP contribution in [0.2, 0.25) is 0 Å². The van der Waals surface area contributed by atoms with Gasteiger partial charge in [-0.3, -0.25) is 10.2 Å². The molecule has 34 heavy (non-hydrogen) atoms. The van der Waals surface area contributed by atoms with Crippen molar-refractivity contribution < 1.29 is 13.2 Å². The zero-order valence-electron chi connectivity index (χ0n) is 19.0. The third-order valence-corrected chi connectivity index (χ3v) is 6.28. The number of hydrogen-bond acceptors (Lipinski definition) is 5. The van der Waals surface area contributed by atoms with Crippen molar-refractivity contribution in [3.63, 3.8) is 0 Å². The molecule has 0 atom stereocenters. The van der Waals surface area contributed by atoms with Gasteiger partial charge in [0.05, 0.1) is 11.4 Å². The first-order chi connectivity index (χ1) is 16.2. The van der Waals surface area contributed by atoms with Crippen LogP contribution in [0, 0.1) is 5.41 Å². The summed E-state index contributed by atoms with van der Waals surface area (Å²) in [4.78, 5) is 14.8. The highest BCUT2D eigenvalue weighted by atomic mass is 32.2. The molecule has 0 bridgehead atoms. The van der Waals surface area contributed by atoms with E-state index in [-0.39, 0.29) is 23.2 Å². The first-order valence-electron chi connectivity index (χ1n) is 10.9. The van der Waals surface area contributed by atoms with Crippen molar-refractivity contribution >= 4 is 33.1 Å². The van der Waals surface area contributed by atoms with Crippen molar-refractivity contribution in [2.45, 2.75) is 24.7 Å². The molecule has 0 saturated carbocycles. The topological polar surface area (TPSA) is 142 Å². The normalized spacial score (nSPS) is 11.1. The lowest BCUT2D eigenvalue weighted by molar-refractivity contribution is -0.115. The van der Waals surface area contributed by atoms with Crippen LogP contribution < -0.4 is 21.1 Å². The summed E-state index contributed by atoms with van der Waals surface area (Å²) in [5.74, 6) is -0.215. The molecule has 0 spiro atoms. The van der Waals surface area contributed by atoms with Crippen molar-refractivity contribution in [3.05, 3.63) is 78.4 Å². The van der Waals surface area contributed by atoms with Gasteiger partial charge in [0.2, 0.25) is 15.9 Å². The molecule has 9 heteroatoms. The molecule has 0 aliphatic rings. The van der Waals surface area contributed by atoms with Gasteiger partial charge in [-0.05, 0) is 42.3 Å². The molecule has 0 radical (unpaired) electrons. The average Bonchev–Trinajstić information content (AvgIpc) is 2.81. The van der Waals surface area contributed by atoms with Crippen LogP contribution in [0.3, 0.4) is 0 Å². The fourth-order valence-corrected chi connectivity index (χ4v) is 4.34. The number of rotatable bonds is 10. The molecule has 3 rings (SSSR count). The van der Waals surface area contributed by atoms with Crippen molar-refractivity contribution in [2.75, 3.05) is 23.3 Å². The first kappa shape index (κ1) is 24.9. The van der Waals surface area contributed by atoms with Gasteiger partial charge in [0.25, 0.3) is 0 Å². The predicted molar refractivity (Wildman–Crippen MR) is 136 cm³/mol. The van der Waals surface area contributed by atoms with Crippen molar-refractivity contribution in [3.8, 4) is 11.1 Å². The van der Waals surface area contributed by atoms with Crippen LogP contribution in [0.1, 0.15) is 25.3 Å². The SMILES string of the molecule is CCCCN(CC(=O)Nc1ccc(-c2ccccc2S(N)(=O)=O)cc1)c1cccc(C(=N)N)c1. The van der Waals surface area contributed by atoms with Crippen LogP contribution in [0.25, 0.3) is 11.1 Å². The maximum Gasteiger partial charge on any atom is 0.243 e. The van der Waals surface area contributed by atoms with Gasteiger partial charge < -0.3 is 16.0 Å². The van der Waals surface area contributed by atoms with Crippen LogP contribution in [-0.4, -0.2) is 33.3 Å². The van der Waals surface area contributed by atoms with E-state index in [1.54, 1.807) is 48.5 Å². The van der Waals surface area contributed by atoms with E-state index in [0.717, 1.165) is 18.5 Å². The Hall–Kier alpha value is -3.69. The molecule has 6 N–H and O–H groups in total.